The van der Waals surface area contributed by atoms with Crippen LogP contribution in [0.5, 0.6) is 0 Å². The molecule has 1 aliphatic rings. The van der Waals surface area contributed by atoms with Crippen LogP contribution in [0.2, 0.25) is 0 Å². The van der Waals surface area contributed by atoms with Crippen molar-refractivity contribution in [1.29, 1.82) is 0 Å². The van der Waals surface area contributed by atoms with Crippen LogP contribution in [0.1, 0.15) is 54.4 Å². The number of carbonyl (C=O) groups excluding carboxylic acids is 6. The number of carbonyl (C=O) groups is 6. The fourth-order valence-corrected chi connectivity index (χ4v) is 4.22. The molecule has 7 atom stereocenters. The Labute approximate surface area is 214 Å². The highest BCUT2D eigenvalue weighted by atomic mass is 16.7. The van der Waals surface area contributed by atoms with E-state index < -0.39 is 84.5 Å². The van der Waals surface area contributed by atoms with Gasteiger partial charge < -0.3 is 38.8 Å². The number of rotatable bonds is 11. The Hall–Kier alpha value is -3.26. The number of hydrogen-bond donors (Lipinski definition) is 2. The van der Waals surface area contributed by atoms with Crippen molar-refractivity contribution in [1.82, 2.24) is 5.32 Å². The van der Waals surface area contributed by atoms with Crippen molar-refractivity contribution in [3.05, 3.63) is 0 Å². The van der Waals surface area contributed by atoms with Gasteiger partial charge in [-0.15, -0.1) is 0 Å². The number of hydrogen-bond acceptors (Lipinski definition) is 13. The molecule has 1 fully saturated rings. The second kappa shape index (κ2) is 13.9. The third-order valence-corrected chi connectivity index (χ3v) is 5.43. The van der Waals surface area contributed by atoms with Crippen molar-refractivity contribution in [2.75, 3.05) is 13.7 Å². The fourth-order valence-electron chi connectivity index (χ4n) is 4.22. The summed E-state index contributed by atoms with van der Waals surface area (Å²) in [7, 11) is 0.994. The highest BCUT2D eigenvalue weighted by Gasteiger charge is 2.63. The number of aliphatic hydroxyl groups is 1. The van der Waals surface area contributed by atoms with Crippen LogP contribution in [0.3, 0.4) is 0 Å². The number of ether oxygens (including phenoxy) is 6. The van der Waals surface area contributed by atoms with E-state index in [1.807, 2.05) is 0 Å². The van der Waals surface area contributed by atoms with Crippen LogP contribution in [0.25, 0.3) is 0 Å². The average Bonchev–Trinajstić information content (AvgIpc) is 2.77. The Kier molecular flexibility index (Phi) is 11.9. The molecule has 2 N–H and O–H groups in total. The molecule has 210 valence electrons. The predicted octanol–water partition coefficient (Wildman–Crippen LogP) is -0.474. The molecule has 0 radical (unpaired) electrons. The fraction of sp³-hybridized carbons (Fsp3) is 0.739. The summed E-state index contributed by atoms with van der Waals surface area (Å²) in [4.78, 5) is 72.5. The summed E-state index contributed by atoms with van der Waals surface area (Å²) in [6.45, 7) is 6.51. The summed E-state index contributed by atoms with van der Waals surface area (Å²) in [5.41, 5.74) is 0. The summed E-state index contributed by atoms with van der Waals surface area (Å²) in [6.07, 6.45) is -5.80. The smallest absolute Gasteiger partial charge is 0.366 e. The standard InChI is InChI=1S/C23H35NO13/c1-8-9-16-19(35-14(5)28)18(24-11(2)25)21(37-23(16,31)22(30)32-7)20(36-15(6)29)17(34-13(4)27)10-33-12(3)26/h16-21,31H,8-10H2,1-7H3,(H,24,25)/t16-,17+,18+,19-,20+,21+,23+/m0/s1. The lowest BCUT2D eigenvalue weighted by atomic mass is 9.78. The van der Waals surface area contributed by atoms with E-state index in [4.69, 9.17) is 28.4 Å². The Balaban J connectivity index is 3.84. The first-order valence-corrected chi connectivity index (χ1v) is 11.6. The molecule has 1 saturated heterocycles. The number of esters is 5. The van der Waals surface area contributed by atoms with Gasteiger partial charge in [0.15, 0.2) is 12.2 Å². The molecule has 0 aromatic heterocycles. The van der Waals surface area contributed by atoms with E-state index in [-0.39, 0.29) is 6.42 Å². The van der Waals surface area contributed by atoms with Gasteiger partial charge in [-0.3, -0.25) is 24.0 Å². The van der Waals surface area contributed by atoms with Crippen LogP contribution < -0.4 is 5.32 Å². The van der Waals surface area contributed by atoms with Gasteiger partial charge in [-0.25, -0.2) is 4.79 Å². The van der Waals surface area contributed by atoms with E-state index in [2.05, 4.69) is 5.32 Å². The topological polar surface area (TPSA) is 190 Å². The van der Waals surface area contributed by atoms with E-state index in [1.54, 1.807) is 6.92 Å². The van der Waals surface area contributed by atoms with Crippen molar-refractivity contribution >= 4 is 35.8 Å². The Morgan fingerprint density at radius 2 is 1.54 bits per heavy atom. The van der Waals surface area contributed by atoms with E-state index in [9.17, 15) is 33.9 Å². The molecule has 0 aromatic carbocycles. The molecule has 0 bridgehead atoms. The van der Waals surface area contributed by atoms with Gasteiger partial charge in [0.05, 0.1) is 19.1 Å². The van der Waals surface area contributed by atoms with Gasteiger partial charge in [0.2, 0.25) is 5.91 Å². The minimum atomic E-state index is -2.74. The molecule has 1 amide bonds. The number of nitrogens with one attached hydrogen (secondary N) is 1. The second-order valence-electron chi connectivity index (χ2n) is 8.49. The lowest BCUT2D eigenvalue weighted by Gasteiger charge is -2.51. The Morgan fingerprint density at radius 3 is 1.97 bits per heavy atom. The first-order valence-electron chi connectivity index (χ1n) is 11.6. The van der Waals surface area contributed by atoms with Crippen LogP contribution in [0.15, 0.2) is 0 Å². The molecule has 0 unspecified atom stereocenters. The number of methoxy groups -OCH3 is 1. The molecular formula is C23H35NO13. The maximum absolute atomic E-state index is 12.8. The van der Waals surface area contributed by atoms with Crippen LogP contribution in [0, 0.1) is 5.92 Å². The van der Waals surface area contributed by atoms with Gasteiger partial charge in [0, 0.05) is 34.6 Å². The van der Waals surface area contributed by atoms with Crippen LogP contribution in [0.4, 0.5) is 0 Å². The van der Waals surface area contributed by atoms with Gasteiger partial charge in [-0.1, -0.05) is 13.3 Å². The largest absolute Gasteiger partial charge is 0.465 e. The monoisotopic (exact) mass is 533 g/mol. The van der Waals surface area contributed by atoms with E-state index in [0.29, 0.717) is 6.42 Å². The highest BCUT2D eigenvalue weighted by Crippen LogP contribution is 2.41. The molecule has 1 rings (SSSR count). The third-order valence-electron chi connectivity index (χ3n) is 5.43. The first-order chi connectivity index (χ1) is 17.2. The maximum Gasteiger partial charge on any atom is 0.366 e. The Bertz CT molecular complexity index is 875. The zero-order valence-corrected chi connectivity index (χ0v) is 21.9. The predicted molar refractivity (Wildman–Crippen MR) is 121 cm³/mol. The molecule has 1 heterocycles. The normalized spacial score (nSPS) is 26.6. The summed E-state index contributed by atoms with van der Waals surface area (Å²) in [6, 6.07) is -1.33. The molecule has 37 heavy (non-hydrogen) atoms. The molecule has 14 heteroatoms. The molecule has 1 aliphatic heterocycles. The van der Waals surface area contributed by atoms with Crippen LogP contribution in [-0.4, -0.2) is 90.8 Å². The van der Waals surface area contributed by atoms with Gasteiger partial charge in [-0.2, -0.15) is 0 Å². The summed E-state index contributed by atoms with van der Waals surface area (Å²) >= 11 is 0. The molecular weight excluding hydrogens is 498 g/mol. The molecule has 0 aliphatic carbocycles. The lowest BCUT2D eigenvalue weighted by Crippen LogP contribution is -2.72. The van der Waals surface area contributed by atoms with Crippen molar-refractivity contribution in [2.45, 2.75) is 90.6 Å². The molecule has 0 aromatic rings. The van der Waals surface area contributed by atoms with Crippen molar-refractivity contribution in [3.63, 3.8) is 0 Å². The third kappa shape index (κ3) is 8.67. The van der Waals surface area contributed by atoms with Crippen molar-refractivity contribution in [3.8, 4) is 0 Å². The minimum Gasteiger partial charge on any atom is -0.465 e. The quantitative estimate of drug-likeness (QED) is 0.256. The Morgan fingerprint density at radius 1 is 0.946 bits per heavy atom. The summed E-state index contributed by atoms with van der Waals surface area (Å²) in [5, 5.41) is 14.0. The minimum absolute atomic E-state index is 0.0748. The molecule has 14 nitrogen and oxygen atoms in total. The van der Waals surface area contributed by atoms with Crippen molar-refractivity contribution in [2.24, 2.45) is 5.92 Å². The highest BCUT2D eigenvalue weighted by molar-refractivity contribution is 5.79. The first kappa shape index (κ1) is 31.8. The van der Waals surface area contributed by atoms with Crippen molar-refractivity contribution < 1.29 is 62.3 Å². The van der Waals surface area contributed by atoms with Crippen LogP contribution >= 0.6 is 0 Å². The molecule has 0 saturated carbocycles. The van der Waals surface area contributed by atoms with Gasteiger partial charge in [0.25, 0.3) is 5.79 Å². The summed E-state index contributed by atoms with van der Waals surface area (Å²) in [5.74, 6) is -9.18. The van der Waals surface area contributed by atoms with E-state index in [1.165, 1.54) is 0 Å². The van der Waals surface area contributed by atoms with E-state index in [0.717, 1.165) is 41.7 Å². The zero-order chi connectivity index (χ0) is 28.5. The van der Waals surface area contributed by atoms with Gasteiger partial charge >= 0.3 is 29.8 Å². The number of amides is 1. The SMILES string of the molecule is CCC[C@H]1[C@H](OC(C)=O)[C@@H](NC(C)=O)[C@H]([C@H](OC(C)=O)[C@@H](COC(C)=O)OC(C)=O)O[C@@]1(O)C(=O)OC. The molecule has 0 spiro atoms. The zero-order valence-electron chi connectivity index (χ0n) is 21.9. The summed E-state index contributed by atoms with van der Waals surface area (Å²) < 4.78 is 31.6. The van der Waals surface area contributed by atoms with Gasteiger partial charge in [-0.05, 0) is 6.42 Å². The second-order valence-corrected chi connectivity index (χ2v) is 8.49. The van der Waals surface area contributed by atoms with E-state index >= 15 is 0 Å². The van der Waals surface area contributed by atoms with Crippen LogP contribution in [-0.2, 0) is 57.2 Å². The lowest BCUT2D eigenvalue weighted by molar-refractivity contribution is -0.324. The van der Waals surface area contributed by atoms with Gasteiger partial charge in [0.1, 0.15) is 18.8 Å². The average molecular weight is 534 g/mol. The maximum atomic E-state index is 12.8.